The fraction of sp³-hybridized carbons (Fsp3) is 0.476. The van der Waals surface area contributed by atoms with Gasteiger partial charge in [-0.15, -0.1) is 0 Å². The predicted octanol–water partition coefficient (Wildman–Crippen LogP) is 2.92. The lowest BCUT2D eigenvalue weighted by molar-refractivity contribution is 0.204. The van der Waals surface area contributed by atoms with Crippen molar-refractivity contribution in [3.05, 3.63) is 41.5 Å². The summed E-state index contributed by atoms with van der Waals surface area (Å²) >= 11 is 5.40. The molecule has 0 unspecified atom stereocenters. The molecule has 7 nitrogen and oxygen atoms in total. The average molecular weight is 413 g/mol. The van der Waals surface area contributed by atoms with Crippen LogP contribution in [0.1, 0.15) is 30.4 Å². The number of ether oxygens (including phenoxy) is 1. The maximum atomic E-state index is 5.40. The molecule has 2 N–H and O–H groups in total. The third-order valence-electron chi connectivity index (χ3n) is 5.36. The smallest absolute Gasteiger partial charge is 0.232 e. The second-order valence-corrected chi connectivity index (χ2v) is 7.86. The van der Waals surface area contributed by atoms with Crippen LogP contribution in [0.5, 0.6) is 0 Å². The molecule has 154 valence electrons. The lowest BCUT2D eigenvalue weighted by atomic mass is 10.1. The fourth-order valence-electron chi connectivity index (χ4n) is 3.83. The summed E-state index contributed by atoms with van der Waals surface area (Å²) in [5.74, 6) is 2.43. The zero-order valence-corrected chi connectivity index (χ0v) is 17.7. The Bertz CT molecular complexity index is 830. The van der Waals surface area contributed by atoms with Crippen LogP contribution in [0.3, 0.4) is 0 Å². The summed E-state index contributed by atoms with van der Waals surface area (Å²) < 4.78 is 5.06. The molecule has 29 heavy (non-hydrogen) atoms. The van der Waals surface area contributed by atoms with Gasteiger partial charge in [-0.3, -0.25) is 0 Å². The number of nitrogens with zero attached hydrogens (tertiary/aromatic N) is 4. The summed E-state index contributed by atoms with van der Waals surface area (Å²) in [7, 11) is 1.67. The van der Waals surface area contributed by atoms with Gasteiger partial charge in [-0.1, -0.05) is 24.3 Å². The van der Waals surface area contributed by atoms with E-state index in [1.54, 1.807) is 7.11 Å². The van der Waals surface area contributed by atoms with Crippen LogP contribution < -0.4 is 20.4 Å². The molecule has 4 rings (SSSR count). The molecular formula is C21H28N6OS. The lowest BCUT2D eigenvalue weighted by Crippen LogP contribution is -2.33. The number of benzene rings is 1. The van der Waals surface area contributed by atoms with Crippen LogP contribution in [0.2, 0.25) is 0 Å². The molecule has 0 spiro atoms. The Hall–Kier alpha value is -2.45. The molecule has 2 aliphatic heterocycles. The van der Waals surface area contributed by atoms with Crippen molar-refractivity contribution < 1.29 is 4.74 Å². The summed E-state index contributed by atoms with van der Waals surface area (Å²) in [5, 5.41) is 6.78. The van der Waals surface area contributed by atoms with E-state index in [0.29, 0.717) is 24.2 Å². The monoisotopic (exact) mass is 412 g/mol. The molecule has 0 atom stereocenters. The van der Waals surface area contributed by atoms with Crippen LogP contribution in [0.4, 0.5) is 17.6 Å². The fourth-order valence-corrected chi connectivity index (χ4v) is 4.03. The number of hydrogen-bond acceptors (Lipinski definition) is 6. The quantitative estimate of drug-likeness (QED) is 0.555. The second-order valence-electron chi connectivity index (χ2n) is 7.45. The first kappa shape index (κ1) is 19.8. The van der Waals surface area contributed by atoms with E-state index in [2.05, 4.69) is 50.8 Å². The highest BCUT2D eigenvalue weighted by Crippen LogP contribution is 2.30. The van der Waals surface area contributed by atoms with Crippen LogP contribution in [0.15, 0.2) is 30.3 Å². The Kier molecular flexibility index (Phi) is 6.41. The van der Waals surface area contributed by atoms with Crippen LogP contribution >= 0.6 is 12.2 Å². The Morgan fingerprint density at radius 3 is 2.34 bits per heavy atom. The van der Waals surface area contributed by atoms with E-state index in [0.717, 1.165) is 37.8 Å². The lowest BCUT2D eigenvalue weighted by Gasteiger charge is -2.29. The highest BCUT2D eigenvalue weighted by molar-refractivity contribution is 7.80. The summed E-state index contributed by atoms with van der Waals surface area (Å²) in [5.41, 5.74) is 2.72. The summed E-state index contributed by atoms with van der Waals surface area (Å²) in [6.45, 7) is 5.03. The van der Waals surface area contributed by atoms with Crippen LogP contribution in [0.25, 0.3) is 0 Å². The molecular weight excluding hydrogens is 384 g/mol. The maximum Gasteiger partial charge on any atom is 0.232 e. The minimum Gasteiger partial charge on any atom is -0.383 e. The molecule has 0 saturated carbocycles. The predicted molar refractivity (Wildman–Crippen MR) is 121 cm³/mol. The summed E-state index contributed by atoms with van der Waals surface area (Å²) in [6, 6.07) is 10.7. The summed E-state index contributed by atoms with van der Waals surface area (Å²) in [6.07, 6.45) is 3.69. The van der Waals surface area contributed by atoms with Gasteiger partial charge in [0.1, 0.15) is 11.6 Å². The van der Waals surface area contributed by atoms with Crippen molar-refractivity contribution in [3.8, 4) is 0 Å². The maximum absolute atomic E-state index is 5.40. The third kappa shape index (κ3) is 4.94. The second kappa shape index (κ2) is 9.37. The van der Waals surface area contributed by atoms with Gasteiger partial charge in [0.2, 0.25) is 5.95 Å². The van der Waals surface area contributed by atoms with Gasteiger partial charge in [0.15, 0.2) is 5.11 Å². The van der Waals surface area contributed by atoms with Crippen molar-refractivity contribution >= 4 is 34.9 Å². The van der Waals surface area contributed by atoms with E-state index in [9.17, 15) is 0 Å². The standard InChI is InChI=1S/C21H28N6OS/c1-28-12-9-22-21(29)25-20-23-18(26-10-5-2-6-11-26)13-19(24-20)27-14-16-7-3-4-8-17(16)15-27/h3-4,7-8,13H,2,5-6,9-12,14-15H2,1H3,(H2,22,23,24,25,29). The number of fused-ring (bicyclic) bond motifs is 1. The van der Waals surface area contributed by atoms with E-state index in [4.69, 9.17) is 26.9 Å². The minimum atomic E-state index is 0.508. The Morgan fingerprint density at radius 1 is 1.03 bits per heavy atom. The van der Waals surface area contributed by atoms with Crippen molar-refractivity contribution in [2.45, 2.75) is 32.4 Å². The molecule has 1 saturated heterocycles. The first-order valence-electron chi connectivity index (χ1n) is 10.2. The molecule has 1 aromatic carbocycles. The molecule has 0 amide bonds. The minimum absolute atomic E-state index is 0.508. The van der Waals surface area contributed by atoms with Gasteiger partial charge < -0.3 is 25.2 Å². The normalized spacial score (nSPS) is 15.9. The number of nitrogens with one attached hydrogen (secondary N) is 2. The zero-order chi connectivity index (χ0) is 20.1. The van der Waals surface area contributed by atoms with E-state index in [-0.39, 0.29) is 0 Å². The number of aromatic nitrogens is 2. The SMILES string of the molecule is COCCNC(=S)Nc1nc(N2CCCCC2)cc(N2Cc3ccccc3C2)n1. The van der Waals surface area contributed by atoms with Crippen molar-refractivity contribution in [1.82, 2.24) is 15.3 Å². The number of piperidine rings is 1. The molecule has 2 aromatic rings. The van der Waals surface area contributed by atoms with Crippen LogP contribution in [0, 0.1) is 0 Å². The van der Waals surface area contributed by atoms with Crippen molar-refractivity contribution in [2.24, 2.45) is 0 Å². The van der Waals surface area contributed by atoms with Crippen LogP contribution in [-0.2, 0) is 17.8 Å². The van der Waals surface area contributed by atoms with Gasteiger partial charge in [-0.2, -0.15) is 9.97 Å². The summed E-state index contributed by atoms with van der Waals surface area (Å²) in [4.78, 5) is 14.2. The van der Waals surface area contributed by atoms with Gasteiger partial charge in [0, 0.05) is 45.9 Å². The number of thiocarbonyl (C=S) groups is 1. The topological polar surface area (TPSA) is 65.6 Å². The number of hydrogen-bond donors (Lipinski definition) is 2. The zero-order valence-electron chi connectivity index (χ0n) is 16.9. The highest BCUT2D eigenvalue weighted by atomic mass is 32.1. The van der Waals surface area contributed by atoms with Crippen LogP contribution in [-0.4, -0.2) is 48.4 Å². The molecule has 0 aliphatic carbocycles. The van der Waals surface area contributed by atoms with Gasteiger partial charge in [0.25, 0.3) is 0 Å². The Balaban J connectivity index is 1.56. The Labute approximate surface area is 177 Å². The molecule has 1 aromatic heterocycles. The molecule has 1 fully saturated rings. The number of anilines is 3. The van der Waals surface area contributed by atoms with Gasteiger partial charge in [-0.25, -0.2) is 0 Å². The van der Waals surface area contributed by atoms with Crippen molar-refractivity contribution in [3.63, 3.8) is 0 Å². The molecule has 0 radical (unpaired) electrons. The number of rotatable bonds is 6. The number of methoxy groups -OCH3 is 1. The third-order valence-corrected chi connectivity index (χ3v) is 5.61. The van der Waals surface area contributed by atoms with Crippen molar-refractivity contribution in [1.29, 1.82) is 0 Å². The van der Waals surface area contributed by atoms with Gasteiger partial charge >= 0.3 is 0 Å². The van der Waals surface area contributed by atoms with E-state index >= 15 is 0 Å². The average Bonchev–Trinajstić information content (AvgIpc) is 3.19. The van der Waals surface area contributed by atoms with Gasteiger partial charge in [-0.05, 0) is 42.6 Å². The van der Waals surface area contributed by atoms with Crippen molar-refractivity contribution in [2.75, 3.05) is 48.5 Å². The Morgan fingerprint density at radius 2 is 1.69 bits per heavy atom. The van der Waals surface area contributed by atoms with E-state index in [1.807, 2.05) is 0 Å². The van der Waals surface area contributed by atoms with Gasteiger partial charge in [0.05, 0.1) is 6.61 Å². The molecule has 0 bridgehead atoms. The molecule has 8 heteroatoms. The largest absolute Gasteiger partial charge is 0.383 e. The highest BCUT2D eigenvalue weighted by Gasteiger charge is 2.22. The van der Waals surface area contributed by atoms with E-state index in [1.165, 1.54) is 30.4 Å². The molecule has 2 aliphatic rings. The first-order valence-corrected chi connectivity index (χ1v) is 10.6. The van der Waals surface area contributed by atoms with E-state index < -0.39 is 0 Å². The molecule has 3 heterocycles. The first-order chi connectivity index (χ1) is 14.2.